The van der Waals surface area contributed by atoms with Crippen LogP contribution in [-0.2, 0) is 0 Å². The molecule has 3 fully saturated rings. The summed E-state index contributed by atoms with van der Waals surface area (Å²) in [7, 11) is 1.53. The van der Waals surface area contributed by atoms with Gasteiger partial charge in [0, 0.05) is 5.92 Å². The second-order valence-corrected chi connectivity index (χ2v) is 6.36. The quantitative estimate of drug-likeness (QED) is 0.879. The minimum Gasteiger partial charge on any atom is -0.503 e. The number of methoxy groups -OCH3 is 1. The molecule has 2 atom stereocenters. The molecule has 0 aromatic heterocycles. The molecule has 2 bridgehead atoms. The summed E-state index contributed by atoms with van der Waals surface area (Å²) in [4.78, 5) is 2.50. The van der Waals surface area contributed by atoms with E-state index in [4.69, 9.17) is 16.3 Å². The van der Waals surface area contributed by atoms with Gasteiger partial charge in [-0.2, -0.15) is 5.10 Å². The Labute approximate surface area is 128 Å². The summed E-state index contributed by atoms with van der Waals surface area (Å²) in [5, 5.41) is 14.8. The fraction of sp³-hybridized carbons (Fsp3) is 0.533. The summed E-state index contributed by atoms with van der Waals surface area (Å²) < 4.78 is 5.21. The third-order valence-electron chi connectivity index (χ3n) is 4.92. The monoisotopic (exact) mass is 307 g/mol. The van der Waals surface area contributed by atoms with Crippen molar-refractivity contribution in [1.82, 2.24) is 10.3 Å². The standard InChI is InChI=1S/C15H18ClN3O2/c1-21-11-7-9(6-10(16)15(11)20)13-14-12(17-18-13)8-2-4-19(14)5-3-8/h6-8,13-14,18,20H,2-5H2,1H3. The number of hydrogen-bond acceptors (Lipinski definition) is 5. The van der Waals surface area contributed by atoms with E-state index in [2.05, 4.69) is 15.4 Å². The molecule has 5 rings (SSSR count). The van der Waals surface area contributed by atoms with Gasteiger partial charge < -0.3 is 15.3 Å². The maximum absolute atomic E-state index is 9.89. The number of rotatable bonds is 2. The Balaban J connectivity index is 1.71. The highest BCUT2D eigenvalue weighted by Crippen LogP contribution is 2.42. The van der Waals surface area contributed by atoms with Crippen molar-refractivity contribution in [1.29, 1.82) is 0 Å². The highest BCUT2D eigenvalue weighted by Gasteiger charge is 2.46. The van der Waals surface area contributed by atoms with Crippen molar-refractivity contribution in [3.05, 3.63) is 22.7 Å². The van der Waals surface area contributed by atoms with Gasteiger partial charge in [0.05, 0.1) is 29.9 Å². The van der Waals surface area contributed by atoms with E-state index in [0.717, 1.165) is 18.7 Å². The first-order chi connectivity index (χ1) is 10.2. The number of phenolic OH excluding ortho intramolecular Hbond substituents is 1. The number of benzene rings is 1. The first kappa shape index (κ1) is 13.2. The van der Waals surface area contributed by atoms with Crippen LogP contribution in [0, 0.1) is 5.92 Å². The Morgan fingerprint density at radius 2 is 2.14 bits per heavy atom. The van der Waals surface area contributed by atoms with Crippen LogP contribution in [0.4, 0.5) is 0 Å². The van der Waals surface area contributed by atoms with Crippen molar-refractivity contribution in [2.24, 2.45) is 11.0 Å². The predicted octanol–water partition coefficient (Wildman–Crippen LogP) is 2.15. The number of fused-ring (bicyclic) bond motifs is 2. The highest BCUT2D eigenvalue weighted by molar-refractivity contribution is 6.32. The lowest BCUT2D eigenvalue weighted by Crippen LogP contribution is -2.56. The van der Waals surface area contributed by atoms with Gasteiger partial charge in [-0.3, -0.25) is 4.90 Å². The van der Waals surface area contributed by atoms with Crippen LogP contribution in [0.15, 0.2) is 17.2 Å². The number of ether oxygens (including phenoxy) is 1. The summed E-state index contributed by atoms with van der Waals surface area (Å²) in [6.07, 6.45) is 2.42. The Morgan fingerprint density at radius 3 is 2.86 bits per heavy atom. The lowest BCUT2D eigenvalue weighted by Gasteiger charge is -2.45. The van der Waals surface area contributed by atoms with E-state index in [1.807, 2.05) is 6.07 Å². The summed E-state index contributed by atoms with van der Waals surface area (Å²) >= 11 is 6.12. The van der Waals surface area contributed by atoms with Crippen LogP contribution in [-0.4, -0.2) is 42.0 Å². The number of phenols is 1. The van der Waals surface area contributed by atoms with Crippen molar-refractivity contribution >= 4 is 17.3 Å². The van der Waals surface area contributed by atoms with Gasteiger partial charge in [0.1, 0.15) is 0 Å². The highest BCUT2D eigenvalue weighted by atomic mass is 35.5. The molecule has 3 saturated heterocycles. The average molecular weight is 308 g/mol. The molecule has 0 saturated carbocycles. The Bertz CT molecular complexity index is 611. The van der Waals surface area contributed by atoms with Crippen LogP contribution in [0.3, 0.4) is 0 Å². The maximum Gasteiger partial charge on any atom is 0.176 e. The fourth-order valence-electron chi connectivity index (χ4n) is 3.84. The van der Waals surface area contributed by atoms with Crippen LogP contribution < -0.4 is 10.2 Å². The third kappa shape index (κ3) is 1.91. The van der Waals surface area contributed by atoms with E-state index in [1.165, 1.54) is 25.7 Å². The van der Waals surface area contributed by atoms with Gasteiger partial charge in [0.25, 0.3) is 0 Å². The van der Waals surface area contributed by atoms with Gasteiger partial charge in [-0.25, -0.2) is 0 Å². The molecule has 112 valence electrons. The molecule has 0 spiro atoms. The second-order valence-electron chi connectivity index (χ2n) is 5.95. The van der Waals surface area contributed by atoms with Gasteiger partial charge in [-0.1, -0.05) is 11.6 Å². The molecule has 2 unspecified atom stereocenters. The topological polar surface area (TPSA) is 57.1 Å². The molecule has 1 aromatic rings. The van der Waals surface area contributed by atoms with Crippen molar-refractivity contribution in [3.8, 4) is 11.5 Å². The zero-order valence-electron chi connectivity index (χ0n) is 11.8. The molecule has 1 aromatic carbocycles. The first-order valence-corrected chi connectivity index (χ1v) is 7.70. The van der Waals surface area contributed by atoms with E-state index in [1.54, 1.807) is 6.07 Å². The summed E-state index contributed by atoms with van der Waals surface area (Å²) in [5.74, 6) is 1.02. The van der Waals surface area contributed by atoms with E-state index in [9.17, 15) is 5.11 Å². The molecule has 21 heavy (non-hydrogen) atoms. The van der Waals surface area contributed by atoms with Crippen LogP contribution in [0.5, 0.6) is 11.5 Å². The molecule has 5 nitrogen and oxygen atoms in total. The van der Waals surface area contributed by atoms with Gasteiger partial charge >= 0.3 is 0 Å². The largest absolute Gasteiger partial charge is 0.503 e. The molecular weight excluding hydrogens is 290 g/mol. The van der Waals surface area contributed by atoms with E-state index in [-0.39, 0.29) is 11.8 Å². The van der Waals surface area contributed by atoms with E-state index < -0.39 is 0 Å². The molecule has 0 aliphatic carbocycles. The minimum absolute atomic E-state index is 0.00692. The summed E-state index contributed by atoms with van der Waals surface area (Å²) in [5.41, 5.74) is 5.55. The minimum atomic E-state index is -0.00692. The van der Waals surface area contributed by atoms with Crippen molar-refractivity contribution in [2.45, 2.75) is 24.9 Å². The van der Waals surface area contributed by atoms with Gasteiger partial charge in [-0.05, 0) is 43.6 Å². The molecule has 4 aliphatic rings. The van der Waals surface area contributed by atoms with Crippen molar-refractivity contribution in [3.63, 3.8) is 0 Å². The number of aromatic hydroxyl groups is 1. The zero-order valence-corrected chi connectivity index (χ0v) is 12.6. The molecule has 4 aliphatic heterocycles. The molecule has 0 amide bonds. The SMILES string of the molecule is COc1cc(C2NN=C3C4CCN(CC4)C32)cc(Cl)c1O. The fourth-order valence-corrected chi connectivity index (χ4v) is 4.06. The zero-order chi connectivity index (χ0) is 14.6. The lowest BCUT2D eigenvalue weighted by atomic mass is 9.78. The normalized spacial score (nSPS) is 33.3. The lowest BCUT2D eigenvalue weighted by molar-refractivity contribution is 0.133. The van der Waals surface area contributed by atoms with Crippen molar-refractivity contribution < 1.29 is 9.84 Å². The maximum atomic E-state index is 9.89. The number of hydrazone groups is 1. The summed E-state index contributed by atoms with van der Waals surface area (Å²) in [6, 6.07) is 4.04. The molecule has 4 heterocycles. The number of nitrogens with one attached hydrogen (secondary N) is 1. The van der Waals surface area contributed by atoms with E-state index >= 15 is 0 Å². The van der Waals surface area contributed by atoms with Gasteiger partial charge in [0.2, 0.25) is 0 Å². The third-order valence-corrected chi connectivity index (χ3v) is 5.21. The summed E-state index contributed by atoms with van der Waals surface area (Å²) in [6.45, 7) is 2.27. The number of piperidine rings is 3. The van der Waals surface area contributed by atoms with Gasteiger partial charge in [0.15, 0.2) is 11.5 Å². The molecule has 6 heteroatoms. The molecule has 2 N–H and O–H groups in total. The van der Waals surface area contributed by atoms with Crippen LogP contribution in [0.1, 0.15) is 24.4 Å². The predicted molar refractivity (Wildman–Crippen MR) is 81.1 cm³/mol. The smallest absolute Gasteiger partial charge is 0.176 e. The molecular formula is C15H18ClN3O2. The Hall–Kier alpha value is -1.46. The number of nitrogens with zero attached hydrogens (tertiary/aromatic N) is 2. The second kappa shape index (κ2) is 4.78. The van der Waals surface area contributed by atoms with E-state index in [0.29, 0.717) is 22.7 Å². The number of halogens is 1. The van der Waals surface area contributed by atoms with Crippen molar-refractivity contribution in [2.75, 3.05) is 20.2 Å². The van der Waals surface area contributed by atoms with Crippen LogP contribution in [0.25, 0.3) is 0 Å². The first-order valence-electron chi connectivity index (χ1n) is 7.32. The molecule has 0 radical (unpaired) electrons. The van der Waals surface area contributed by atoms with Crippen LogP contribution >= 0.6 is 11.6 Å². The average Bonchev–Trinajstić information content (AvgIpc) is 2.98. The Morgan fingerprint density at radius 1 is 1.38 bits per heavy atom. The van der Waals surface area contributed by atoms with Crippen LogP contribution in [0.2, 0.25) is 5.02 Å². The number of hydrogen-bond donors (Lipinski definition) is 2. The Kier molecular flexibility index (Phi) is 3.01. The van der Waals surface area contributed by atoms with Gasteiger partial charge in [-0.15, -0.1) is 0 Å².